The average Bonchev–Trinajstić information content (AvgIpc) is 3.21. The van der Waals surface area contributed by atoms with Crippen molar-refractivity contribution in [2.45, 2.75) is 13.3 Å². The number of nitrogens with zero attached hydrogens (tertiary/aromatic N) is 1. The van der Waals surface area contributed by atoms with Gasteiger partial charge in [0.2, 0.25) is 5.90 Å². The van der Waals surface area contributed by atoms with E-state index in [2.05, 4.69) is 4.99 Å². The maximum absolute atomic E-state index is 12.4. The molecule has 0 spiro atoms. The number of carbonyl (C=O) groups is 2. The van der Waals surface area contributed by atoms with Gasteiger partial charge in [0.25, 0.3) is 0 Å². The lowest BCUT2D eigenvalue weighted by molar-refractivity contribution is -0.133. The second-order valence-corrected chi connectivity index (χ2v) is 7.34. The first-order chi connectivity index (χ1) is 16.6. The molecule has 0 saturated carbocycles. The number of ether oxygens (including phenoxy) is 4. The van der Waals surface area contributed by atoms with Gasteiger partial charge in [0.05, 0.1) is 20.1 Å². The maximum Gasteiger partial charge on any atom is 0.363 e. The number of rotatable bonds is 8. The van der Waals surface area contributed by atoms with Crippen molar-refractivity contribution < 1.29 is 28.5 Å². The molecule has 34 heavy (non-hydrogen) atoms. The Morgan fingerprint density at radius 2 is 1.76 bits per heavy atom. The maximum atomic E-state index is 12.4. The zero-order chi connectivity index (χ0) is 23.9. The topological polar surface area (TPSA) is 83.4 Å². The second-order valence-electron chi connectivity index (χ2n) is 7.34. The van der Waals surface area contributed by atoms with E-state index in [1.165, 1.54) is 0 Å². The summed E-state index contributed by atoms with van der Waals surface area (Å²) in [6, 6.07) is 21.4. The van der Waals surface area contributed by atoms with E-state index in [0.717, 1.165) is 5.56 Å². The van der Waals surface area contributed by atoms with Crippen molar-refractivity contribution in [1.82, 2.24) is 0 Å². The van der Waals surface area contributed by atoms with E-state index in [1.807, 2.05) is 37.3 Å². The fourth-order valence-electron chi connectivity index (χ4n) is 3.31. The van der Waals surface area contributed by atoms with Gasteiger partial charge in [0, 0.05) is 5.56 Å². The molecule has 0 radical (unpaired) electrons. The zero-order valence-electron chi connectivity index (χ0n) is 18.8. The molecule has 1 aliphatic rings. The molecule has 1 aliphatic heterocycles. The Morgan fingerprint density at radius 3 is 2.47 bits per heavy atom. The minimum atomic E-state index is -0.554. The van der Waals surface area contributed by atoms with Gasteiger partial charge in [-0.05, 0) is 60.5 Å². The molecule has 0 unspecified atom stereocenters. The number of esters is 2. The lowest BCUT2D eigenvalue weighted by Crippen LogP contribution is -2.12. The summed E-state index contributed by atoms with van der Waals surface area (Å²) in [7, 11) is 1.58. The molecule has 3 aromatic rings. The molecule has 7 heteroatoms. The van der Waals surface area contributed by atoms with Crippen LogP contribution in [0.3, 0.4) is 0 Å². The van der Waals surface area contributed by atoms with Crippen LogP contribution >= 0.6 is 0 Å². The van der Waals surface area contributed by atoms with E-state index < -0.39 is 11.9 Å². The molecule has 0 atom stereocenters. The molecular weight excluding hydrogens is 434 g/mol. The Morgan fingerprint density at radius 1 is 1.00 bits per heavy atom. The predicted molar refractivity (Wildman–Crippen MR) is 127 cm³/mol. The summed E-state index contributed by atoms with van der Waals surface area (Å²) >= 11 is 0. The van der Waals surface area contributed by atoms with Crippen LogP contribution in [-0.4, -0.2) is 31.6 Å². The molecule has 1 heterocycles. The van der Waals surface area contributed by atoms with Crippen molar-refractivity contribution in [3.05, 3.63) is 95.2 Å². The molecule has 0 aromatic heterocycles. The minimum absolute atomic E-state index is 0.146. The molecule has 172 valence electrons. The van der Waals surface area contributed by atoms with Gasteiger partial charge in [-0.15, -0.1) is 0 Å². The van der Waals surface area contributed by atoms with Crippen LogP contribution in [-0.2, 0) is 20.7 Å². The molecule has 0 aliphatic carbocycles. The fourth-order valence-corrected chi connectivity index (χ4v) is 3.31. The predicted octanol–water partition coefficient (Wildman–Crippen LogP) is 4.59. The SMILES string of the molecule is CCOc1cc(/C=C2/N=C(c3ccc(OC)cc3)OC2=O)ccc1OC(=O)Cc1ccccc1. The number of hydrogen-bond donors (Lipinski definition) is 0. The molecule has 0 saturated heterocycles. The number of aliphatic imine (C=N–C) groups is 1. The molecule has 0 bridgehead atoms. The van der Waals surface area contributed by atoms with Crippen LogP contribution in [0, 0.1) is 0 Å². The first-order valence-electron chi connectivity index (χ1n) is 10.7. The van der Waals surface area contributed by atoms with E-state index in [9.17, 15) is 9.59 Å². The Kier molecular flexibility index (Phi) is 7.03. The number of benzene rings is 3. The van der Waals surface area contributed by atoms with Crippen molar-refractivity contribution in [1.29, 1.82) is 0 Å². The zero-order valence-corrected chi connectivity index (χ0v) is 18.8. The molecule has 0 fully saturated rings. The van der Waals surface area contributed by atoms with E-state index in [-0.39, 0.29) is 18.0 Å². The van der Waals surface area contributed by atoms with E-state index >= 15 is 0 Å². The van der Waals surface area contributed by atoms with Crippen LogP contribution in [0.4, 0.5) is 0 Å². The minimum Gasteiger partial charge on any atom is -0.497 e. The van der Waals surface area contributed by atoms with E-state index in [1.54, 1.807) is 55.7 Å². The van der Waals surface area contributed by atoms with E-state index in [4.69, 9.17) is 18.9 Å². The number of hydrogen-bond acceptors (Lipinski definition) is 7. The summed E-state index contributed by atoms with van der Waals surface area (Å²) in [4.78, 5) is 29.1. The van der Waals surface area contributed by atoms with Crippen molar-refractivity contribution in [3.63, 3.8) is 0 Å². The average molecular weight is 457 g/mol. The highest BCUT2D eigenvalue weighted by Gasteiger charge is 2.24. The third-order valence-electron chi connectivity index (χ3n) is 4.94. The Hall–Kier alpha value is -4.39. The van der Waals surface area contributed by atoms with Crippen LogP contribution in [0.25, 0.3) is 6.08 Å². The fraction of sp³-hybridized carbons (Fsp3) is 0.148. The van der Waals surface area contributed by atoms with Gasteiger partial charge in [0.15, 0.2) is 17.2 Å². The largest absolute Gasteiger partial charge is 0.497 e. The smallest absolute Gasteiger partial charge is 0.363 e. The Bertz CT molecular complexity index is 1250. The number of methoxy groups -OCH3 is 1. The van der Waals surface area contributed by atoms with Crippen LogP contribution in [0.15, 0.2) is 83.5 Å². The molecular formula is C27H23NO6. The van der Waals surface area contributed by atoms with Crippen molar-refractivity contribution >= 4 is 23.9 Å². The van der Waals surface area contributed by atoms with Crippen molar-refractivity contribution in [3.8, 4) is 17.2 Å². The highest BCUT2D eigenvalue weighted by molar-refractivity contribution is 6.12. The highest BCUT2D eigenvalue weighted by Crippen LogP contribution is 2.30. The van der Waals surface area contributed by atoms with Crippen LogP contribution in [0.2, 0.25) is 0 Å². The van der Waals surface area contributed by atoms with Gasteiger partial charge in [-0.25, -0.2) is 9.79 Å². The summed E-state index contributed by atoms with van der Waals surface area (Å²) < 4.78 is 21.7. The van der Waals surface area contributed by atoms with Gasteiger partial charge < -0.3 is 18.9 Å². The van der Waals surface area contributed by atoms with Gasteiger partial charge >= 0.3 is 11.9 Å². The third-order valence-corrected chi connectivity index (χ3v) is 4.94. The summed E-state index contributed by atoms with van der Waals surface area (Å²) in [5.74, 6) is 0.659. The Labute approximate surface area is 197 Å². The van der Waals surface area contributed by atoms with Crippen LogP contribution in [0.1, 0.15) is 23.6 Å². The first kappa shape index (κ1) is 22.8. The second kappa shape index (κ2) is 10.5. The number of carbonyl (C=O) groups excluding carboxylic acids is 2. The summed E-state index contributed by atoms with van der Waals surface area (Å²) in [6.07, 6.45) is 1.74. The molecule has 4 rings (SSSR count). The summed E-state index contributed by atoms with van der Waals surface area (Å²) in [5, 5.41) is 0. The quantitative estimate of drug-likeness (QED) is 0.280. The molecule has 3 aromatic carbocycles. The van der Waals surface area contributed by atoms with E-state index in [0.29, 0.717) is 35.0 Å². The van der Waals surface area contributed by atoms with Gasteiger partial charge in [0.1, 0.15) is 5.75 Å². The third kappa shape index (κ3) is 5.50. The lowest BCUT2D eigenvalue weighted by atomic mass is 10.1. The summed E-state index contributed by atoms with van der Waals surface area (Å²) in [5.41, 5.74) is 2.32. The van der Waals surface area contributed by atoms with Gasteiger partial charge in [-0.2, -0.15) is 0 Å². The lowest BCUT2D eigenvalue weighted by Gasteiger charge is -2.11. The number of cyclic esters (lactones) is 1. The Balaban J connectivity index is 1.53. The van der Waals surface area contributed by atoms with Crippen LogP contribution in [0.5, 0.6) is 17.2 Å². The first-order valence-corrected chi connectivity index (χ1v) is 10.7. The van der Waals surface area contributed by atoms with Crippen molar-refractivity contribution in [2.75, 3.05) is 13.7 Å². The monoisotopic (exact) mass is 457 g/mol. The van der Waals surface area contributed by atoms with Gasteiger partial charge in [-0.3, -0.25) is 4.79 Å². The normalized spacial score (nSPS) is 13.9. The van der Waals surface area contributed by atoms with Crippen LogP contribution < -0.4 is 14.2 Å². The summed E-state index contributed by atoms with van der Waals surface area (Å²) in [6.45, 7) is 2.21. The highest BCUT2D eigenvalue weighted by atomic mass is 16.6. The van der Waals surface area contributed by atoms with Gasteiger partial charge in [-0.1, -0.05) is 36.4 Å². The standard InChI is InChI=1S/C27H23NO6/c1-3-32-24-16-19(9-14-23(24)33-25(29)17-18-7-5-4-6-8-18)15-22-27(30)34-26(28-22)20-10-12-21(31-2)13-11-20/h4-16H,3,17H2,1-2H3/b22-15+. The molecule has 7 nitrogen and oxygen atoms in total. The molecule has 0 N–H and O–H groups in total. The van der Waals surface area contributed by atoms with Crippen molar-refractivity contribution in [2.24, 2.45) is 4.99 Å². The molecule has 0 amide bonds.